The average Bonchev–Trinajstić information content (AvgIpc) is 3.51. The van der Waals surface area contributed by atoms with Crippen LogP contribution in [0.1, 0.15) is 79.6 Å². The number of likely N-dealkylation sites (tertiary alicyclic amines) is 1. The molecule has 7 rings (SSSR count). The van der Waals surface area contributed by atoms with Gasteiger partial charge in [0.25, 0.3) is 5.91 Å². The molecule has 5 aliphatic carbocycles. The van der Waals surface area contributed by atoms with E-state index < -0.39 is 5.82 Å². The molecule has 0 aromatic heterocycles. The van der Waals surface area contributed by atoms with Gasteiger partial charge in [-0.05, 0) is 93.1 Å². The second-order valence-electron chi connectivity index (χ2n) is 11.6. The predicted octanol–water partition coefficient (Wildman–Crippen LogP) is 4.93. The average molecular weight is 456 g/mol. The SMILES string of the molecule is COC(=O)C1CCN(C(=O)c2cc(C3CC3)c(OCC34CC5CC(CC(C5)C3)C4)cc2F)C1. The summed E-state index contributed by atoms with van der Waals surface area (Å²) in [5, 5.41) is 0. The van der Waals surface area contributed by atoms with Crippen molar-refractivity contribution in [1.82, 2.24) is 4.90 Å². The molecule has 0 radical (unpaired) electrons. The fourth-order valence-corrected chi connectivity index (χ4v) is 7.75. The molecule has 1 atom stereocenters. The van der Waals surface area contributed by atoms with Crippen LogP contribution in [-0.2, 0) is 9.53 Å². The van der Waals surface area contributed by atoms with Crippen molar-refractivity contribution >= 4 is 11.9 Å². The molecule has 0 spiro atoms. The first-order valence-corrected chi connectivity index (χ1v) is 12.8. The minimum absolute atomic E-state index is 0.101. The molecule has 1 aromatic carbocycles. The summed E-state index contributed by atoms with van der Waals surface area (Å²) in [4.78, 5) is 26.5. The van der Waals surface area contributed by atoms with E-state index >= 15 is 4.39 Å². The lowest BCUT2D eigenvalue weighted by molar-refractivity contribution is -0.144. The van der Waals surface area contributed by atoms with E-state index in [1.165, 1.54) is 51.7 Å². The molecule has 1 aromatic rings. The van der Waals surface area contributed by atoms with E-state index in [4.69, 9.17) is 9.47 Å². The predicted molar refractivity (Wildman–Crippen MR) is 121 cm³/mol. The van der Waals surface area contributed by atoms with E-state index in [0.29, 0.717) is 31.2 Å². The van der Waals surface area contributed by atoms with Crippen molar-refractivity contribution in [3.8, 4) is 5.75 Å². The van der Waals surface area contributed by atoms with Crippen molar-refractivity contribution in [2.45, 2.75) is 63.7 Å². The number of hydrogen-bond acceptors (Lipinski definition) is 4. The van der Waals surface area contributed by atoms with E-state index in [9.17, 15) is 9.59 Å². The molecule has 5 nitrogen and oxygen atoms in total. The van der Waals surface area contributed by atoms with E-state index in [-0.39, 0.29) is 35.3 Å². The Morgan fingerprint density at radius 2 is 1.73 bits per heavy atom. The van der Waals surface area contributed by atoms with Crippen LogP contribution in [0, 0.1) is 34.9 Å². The molecule has 1 aliphatic heterocycles. The van der Waals surface area contributed by atoms with Gasteiger partial charge in [0.1, 0.15) is 11.6 Å². The number of ether oxygens (including phenoxy) is 2. The van der Waals surface area contributed by atoms with Crippen molar-refractivity contribution in [3.05, 3.63) is 29.1 Å². The number of rotatable bonds is 6. The first kappa shape index (κ1) is 21.4. The van der Waals surface area contributed by atoms with Gasteiger partial charge in [-0.3, -0.25) is 9.59 Å². The first-order valence-electron chi connectivity index (χ1n) is 12.8. The Hall–Kier alpha value is -2.11. The van der Waals surface area contributed by atoms with Gasteiger partial charge < -0.3 is 14.4 Å². The maximum absolute atomic E-state index is 15.2. The summed E-state index contributed by atoms with van der Waals surface area (Å²) in [6.07, 6.45) is 10.6. The van der Waals surface area contributed by atoms with E-state index in [1.54, 1.807) is 11.0 Å². The number of amides is 1. The number of methoxy groups -OCH3 is 1. The van der Waals surface area contributed by atoms with Crippen LogP contribution < -0.4 is 4.74 Å². The van der Waals surface area contributed by atoms with Gasteiger partial charge in [-0.25, -0.2) is 4.39 Å². The number of hydrogen-bond donors (Lipinski definition) is 0. The number of esters is 1. The van der Waals surface area contributed by atoms with Crippen LogP contribution in [-0.4, -0.2) is 43.6 Å². The zero-order chi connectivity index (χ0) is 22.7. The topological polar surface area (TPSA) is 55.8 Å². The molecule has 6 fully saturated rings. The molecule has 178 valence electrons. The molecule has 5 saturated carbocycles. The Bertz CT molecular complexity index is 936. The Balaban J connectivity index is 1.20. The summed E-state index contributed by atoms with van der Waals surface area (Å²) in [6.45, 7) is 1.41. The van der Waals surface area contributed by atoms with Gasteiger partial charge in [0.15, 0.2) is 0 Å². The fourth-order valence-electron chi connectivity index (χ4n) is 7.75. The second-order valence-corrected chi connectivity index (χ2v) is 11.6. The Morgan fingerprint density at radius 3 is 2.33 bits per heavy atom. The zero-order valence-corrected chi connectivity index (χ0v) is 19.5. The largest absolute Gasteiger partial charge is 0.493 e. The Labute approximate surface area is 195 Å². The highest BCUT2D eigenvalue weighted by Crippen LogP contribution is 2.60. The number of carbonyl (C=O) groups is 2. The minimum atomic E-state index is -0.522. The molecule has 6 aliphatic rings. The molecule has 4 bridgehead atoms. The summed E-state index contributed by atoms with van der Waals surface area (Å²) in [6, 6.07) is 3.19. The van der Waals surface area contributed by atoms with Crippen molar-refractivity contribution in [2.75, 3.05) is 26.8 Å². The molecule has 1 saturated heterocycles. The maximum Gasteiger partial charge on any atom is 0.310 e. The van der Waals surface area contributed by atoms with Crippen molar-refractivity contribution in [2.24, 2.45) is 29.1 Å². The second kappa shape index (κ2) is 7.99. The van der Waals surface area contributed by atoms with E-state index in [2.05, 4.69) is 0 Å². The van der Waals surface area contributed by atoms with E-state index in [1.807, 2.05) is 0 Å². The third-order valence-corrected chi connectivity index (χ3v) is 9.06. The summed E-state index contributed by atoms with van der Waals surface area (Å²) in [7, 11) is 1.36. The maximum atomic E-state index is 15.2. The highest BCUT2D eigenvalue weighted by Gasteiger charge is 2.51. The molecule has 33 heavy (non-hydrogen) atoms. The molecule has 1 heterocycles. The Kier molecular flexibility index (Phi) is 5.19. The van der Waals surface area contributed by atoms with Crippen LogP contribution in [0.4, 0.5) is 4.39 Å². The van der Waals surface area contributed by atoms with Gasteiger partial charge in [-0.15, -0.1) is 0 Å². The van der Waals surface area contributed by atoms with Crippen LogP contribution in [0.5, 0.6) is 5.75 Å². The number of halogens is 1. The molecular weight excluding hydrogens is 421 g/mol. The number of benzene rings is 1. The highest BCUT2D eigenvalue weighted by atomic mass is 19.1. The molecular formula is C27H34FNO4. The summed E-state index contributed by atoms with van der Waals surface area (Å²) >= 11 is 0. The van der Waals surface area contributed by atoms with Gasteiger partial charge in [0, 0.05) is 24.6 Å². The third-order valence-electron chi connectivity index (χ3n) is 9.06. The van der Waals surface area contributed by atoms with Crippen LogP contribution in [0.25, 0.3) is 0 Å². The molecule has 0 N–H and O–H groups in total. The quantitative estimate of drug-likeness (QED) is 0.571. The van der Waals surface area contributed by atoms with Gasteiger partial charge in [0.2, 0.25) is 0 Å². The smallest absolute Gasteiger partial charge is 0.310 e. The summed E-state index contributed by atoms with van der Waals surface area (Å²) in [5.74, 6) is 2.06. The summed E-state index contributed by atoms with van der Waals surface area (Å²) < 4.78 is 26.4. The Morgan fingerprint density at radius 1 is 1.06 bits per heavy atom. The highest BCUT2D eigenvalue weighted by molar-refractivity contribution is 5.95. The number of carbonyl (C=O) groups excluding carboxylic acids is 2. The first-order chi connectivity index (χ1) is 15.9. The van der Waals surface area contributed by atoms with E-state index in [0.717, 1.165) is 36.2 Å². The normalized spacial score (nSPS) is 34.5. The standard InChI is InChI=1S/C27H34FNO4/c1-32-26(31)20-4-5-29(14-20)25(30)22-9-21(19-2-3-19)24(10-23(22)28)33-15-27-11-16-6-17(12-27)8-18(7-16)13-27/h9-10,16-20H,2-8,11-15H2,1H3. The van der Waals surface area contributed by atoms with Crippen LogP contribution in [0.2, 0.25) is 0 Å². The number of nitrogens with zero attached hydrogens (tertiary/aromatic N) is 1. The van der Waals surface area contributed by atoms with Crippen LogP contribution >= 0.6 is 0 Å². The molecule has 6 heteroatoms. The monoisotopic (exact) mass is 455 g/mol. The van der Waals surface area contributed by atoms with Crippen molar-refractivity contribution < 1.29 is 23.5 Å². The molecule has 1 unspecified atom stereocenters. The van der Waals surface area contributed by atoms with Gasteiger partial charge in [-0.2, -0.15) is 0 Å². The van der Waals surface area contributed by atoms with Gasteiger partial charge >= 0.3 is 5.97 Å². The fraction of sp³-hybridized carbons (Fsp3) is 0.704. The van der Waals surface area contributed by atoms with Crippen LogP contribution in [0.3, 0.4) is 0 Å². The van der Waals surface area contributed by atoms with Crippen molar-refractivity contribution in [1.29, 1.82) is 0 Å². The lowest BCUT2D eigenvalue weighted by Gasteiger charge is -2.56. The van der Waals surface area contributed by atoms with Gasteiger partial charge in [0.05, 0.1) is 25.2 Å². The zero-order valence-electron chi connectivity index (χ0n) is 19.5. The lowest BCUT2D eigenvalue weighted by Crippen LogP contribution is -2.48. The van der Waals surface area contributed by atoms with Gasteiger partial charge in [-0.1, -0.05) is 0 Å². The van der Waals surface area contributed by atoms with Crippen molar-refractivity contribution in [3.63, 3.8) is 0 Å². The third kappa shape index (κ3) is 3.93. The van der Waals surface area contributed by atoms with Crippen LogP contribution in [0.15, 0.2) is 12.1 Å². The minimum Gasteiger partial charge on any atom is -0.493 e. The molecule has 1 amide bonds. The summed E-state index contributed by atoms with van der Waals surface area (Å²) in [5.41, 5.74) is 1.34. The lowest BCUT2D eigenvalue weighted by atomic mass is 9.50.